The van der Waals surface area contributed by atoms with Crippen molar-refractivity contribution in [2.45, 2.75) is 33.8 Å². The van der Waals surface area contributed by atoms with Gasteiger partial charge in [-0.1, -0.05) is 12.1 Å². The summed E-state index contributed by atoms with van der Waals surface area (Å²) in [7, 11) is 3.14. The molecule has 3 heterocycles. The average Bonchev–Trinajstić information content (AvgIpc) is 2.94. The first-order valence-corrected chi connectivity index (χ1v) is 14.1. The lowest BCUT2D eigenvalue weighted by molar-refractivity contribution is -0.0803. The lowest BCUT2D eigenvalue weighted by Crippen LogP contribution is -2.38. The molecule has 1 aliphatic rings. The summed E-state index contributed by atoms with van der Waals surface area (Å²) in [6, 6.07) is 17.4. The molecule has 0 aliphatic carbocycles. The Morgan fingerprint density at radius 3 is 1.55 bits per heavy atom. The fourth-order valence-electron chi connectivity index (χ4n) is 4.69. The number of methoxy groups -OCH3 is 2. The number of nitrogens with zero attached hydrogens (tertiary/aromatic N) is 2. The van der Waals surface area contributed by atoms with Crippen LogP contribution >= 0.6 is 0 Å². The van der Waals surface area contributed by atoms with Gasteiger partial charge in [0.05, 0.1) is 27.4 Å². The number of ether oxygens (including phenoxy) is 4. The molecule has 4 aromatic rings. The van der Waals surface area contributed by atoms with Gasteiger partial charge in [-0.25, -0.2) is 0 Å². The molecule has 1 N–H and O–H groups in total. The van der Waals surface area contributed by atoms with Crippen LogP contribution in [0.25, 0.3) is 24.6 Å². The molecule has 0 radical (unpaired) electrons. The molecule has 1 saturated heterocycles. The van der Waals surface area contributed by atoms with Gasteiger partial charge in [0.1, 0.15) is 6.10 Å². The predicted molar refractivity (Wildman–Crippen MR) is 174 cm³/mol. The molecule has 0 spiro atoms. The van der Waals surface area contributed by atoms with E-state index in [4.69, 9.17) is 18.9 Å². The van der Waals surface area contributed by atoms with Crippen molar-refractivity contribution in [3.63, 3.8) is 0 Å². The normalized spacial score (nSPS) is 13.0. The van der Waals surface area contributed by atoms with Crippen LogP contribution in [0, 0.1) is 27.7 Å². The lowest BCUT2D eigenvalue weighted by atomic mass is 10.2. The van der Waals surface area contributed by atoms with E-state index in [1.807, 2.05) is 85.6 Å². The molecule has 0 atom stereocenters. The zero-order valence-corrected chi connectivity index (χ0v) is 25.9. The third-order valence-electron chi connectivity index (χ3n) is 7.05. The van der Waals surface area contributed by atoms with E-state index in [9.17, 15) is 14.7 Å². The van der Waals surface area contributed by atoms with Gasteiger partial charge in [-0.2, -0.15) is 0 Å². The largest absolute Gasteiger partial charge is 0.504 e. The lowest BCUT2D eigenvalue weighted by Gasteiger charge is -2.27. The minimum Gasteiger partial charge on any atom is -0.504 e. The number of phenols is 1. The number of aryl methyl sites for hydroxylation is 4. The topological polar surface area (TPSA) is 101 Å². The van der Waals surface area contributed by atoms with Crippen LogP contribution in [0.3, 0.4) is 0 Å². The number of benzene rings is 2. The molecule has 1 aliphatic heterocycles. The van der Waals surface area contributed by atoms with Crippen LogP contribution in [0.4, 0.5) is 0 Å². The summed E-state index contributed by atoms with van der Waals surface area (Å²) >= 11 is 0. The van der Waals surface area contributed by atoms with E-state index < -0.39 is 0 Å². The number of aromatic hydroxyl groups is 1. The van der Waals surface area contributed by atoms with E-state index in [2.05, 4.69) is 0 Å². The maximum atomic E-state index is 11.5. The van der Waals surface area contributed by atoms with E-state index in [-0.39, 0.29) is 22.7 Å². The van der Waals surface area contributed by atoms with Crippen LogP contribution in [-0.4, -0.2) is 47.8 Å². The molecule has 5 rings (SSSR count). The molecule has 9 heteroatoms. The van der Waals surface area contributed by atoms with Gasteiger partial charge in [0.2, 0.25) is 0 Å². The molecular formula is C35H38N2O7. The highest BCUT2D eigenvalue weighted by atomic mass is 16.6. The number of phenolic OH excluding ortho intramolecular Hbond substituents is 1. The van der Waals surface area contributed by atoms with Crippen LogP contribution in [0.1, 0.15) is 33.9 Å². The van der Waals surface area contributed by atoms with Gasteiger partial charge < -0.3 is 33.2 Å². The van der Waals surface area contributed by atoms with Gasteiger partial charge in [0, 0.05) is 59.4 Å². The highest BCUT2D eigenvalue weighted by molar-refractivity contribution is 5.65. The van der Waals surface area contributed by atoms with E-state index >= 15 is 0 Å². The monoisotopic (exact) mass is 598 g/mol. The summed E-state index contributed by atoms with van der Waals surface area (Å²) in [6.45, 7) is 8.81. The number of hydrogen-bond acceptors (Lipinski definition) is 7. The second-order valence-electron chi connectivity index (χ2n) is 10.4. The highest BCUT2D eigenvalue weighted by Crippen LogP contribution is 2.31. The van der Waals surface area contributed by atoms with E-state index in [1.165, 1.54) is 7.11 Å². The minimum absolute atomic E-state index is 0.00624. The first kappa shape index (κ1) is 31.9. The van der Waals surface area contributed by atoms with Gasteiger partial charge in [0.15, 0.2) is 33.9 Å². The molecule has 230 valence electrons. The zero-order valence-electron chi connectivity index (χ0n) is 25.9. The van der Waals surface area contributed by atoms with Crippen molar-refractivity contribution in [3.05, 3.63) is 115 Å². The summed E-state index contributed by atoms with van der Waals surface area (Å²) in [5, 5.41) is 9.73. The van der Waals surface area contributed by atoms with Crippen molar-refractivity contribution >= 4 is 24.6 Å². The molecule has 0 unspecified atom stereocenters. The second kappa shape index (κ2) is 14.4. The molecule has 9 nitrogen and oxygen atoms in total. The average molecular weight is 599 g/mol. The summed E-state index contributed by atoms with van der Waals surface area (Å²) in [5.41, 5.74) is 5.39. The summed E-state index contributed by atoms with van der Waals surface area (Å²) < 4.78 is 25.3. The Hall–Kier alpha value is -5.02. The Bertz CT molecular complexity index is 1740. The standard InChI is InChI=1S/C19H21NO4.C16H17NO3/c1-13-8-16(21)9-14(2)20(13)7-6-15-4-5-18(22-3)19(10-15)24-17-11-23-12-17;1-11-8-14(18)9-12(2)17(11)7-6-13-4-5-16(20-3)15(19)10-13/h4-10,17H,11-12H2,1-3H3;4-10,19H,1-3H3/b2*7-6+. The van der Waals surface area contributed by atoms with Gasteiger partial charge >= 0.3 is 0 Å². The van der Waals surface area contributed by atoms with Crippen molar-refractivity contribution in [1.29, 1.82) is 0 Å². The van der Waals surface area contributed by atoms with Gasteiger partial charge in [-0.15, -0.1) is 0 Å². The Kier molecular flexibility index (Phi) is 10.5. The van der Waals surface area contributed by atoms with Crippen molar-refractivity contribution in [3.8, 4) is 23.0 Å². The highest BCUT2D eigenvalue weighted by Gasteiger charge is 2.21. The van der Waals surface area contributed by atoms with Gasteiger partial charge in [-0.3, -0.25) is 9.59 Å². The first-order chi connectivity index (χ1) is 21.1. The van der Waals surface area contributed by atoms with Crippen LogP contribution in [0.2, 0.25) is 0 Å². The van der Waals surface area contributed by atoms with Gasteiger partial charge in [0.25, 0.3) is 0 Å². The fourth-order valence-corrected chi connectivity index (χ4v) is 4.69. The van der Waals surface area contributed by atoms with Crippen molar-refractivity contribution < 1.29 is 24.1 Å². The number of aromatic nitrogens is 2. The molecule has 2 aromatic carbocycles. The van der Waals surface area contributed by atoms with Crippen molar-refractivity contribution in [1.82, 2.24) is 9.13 Å². The first-order valence-electron chi connectivity index (χ1n) is 14.1. The Morgan fingerprint density at radius 1 is 0.682 bits per heavy atom. The SMILES string of the molecule is COc1ccc(/C=C/n2c(C)cc(=O)cc2C)cc1O.COc1ccc(/C=C/n2c(C)cc(=O)cc2C)cc1OC1COC1. The maximum Gasteiger partial charge on any atom is 0.182 e. The third-order valence-corrected chi connectivity index (χ3v) is 7.05. The molecular weight excluding hydrogens is 560 g/mol. The van der Waals surface area contributed by atoms with Crippen LogP contribution < -0.4 is 25.1 Å². The number of pyridine rings is 2. The van der Waals surface area contributed by atoms with Crippen molar-refractivity contribution in [2.24, 2.45) is 0 Å². The van der Waals surface area contributed by atoms with Crippen LogP contribution in [-0.2, 0) is 4.74 Å². The zero-order chi connectivity index (χ0) is 31.8. The Balaban J connectivity index is 0.000000204. The Morgan fingerprint density at radius 2 is 1.14 bits per heavy atom. The molecule has 0 saturated carbocycles. The molecule has 1 fully saturated rings. The summed E-state index contributed by atoms with van der Waals surface area (Å²) in [6.07, 6.45) is 7.74. The molecule has 2 aromatic heterocycles. The van der Waals surface area contributed by atoms with Crippen molar-refractivity contribution in [2.75, 3.05) is 27.4 Å². The smallest absolute Gasteiger partial charge is 0.182 e. The predicted octanol–water partition coefficient (Wildman–Crippen LogP) is 5.69. The van der Waals surface area contributed by atoms with E-state index in [0.29, 0.717) is 30.5 Å². The van der Waals surface area contributed by atoms with E-state index in [0.717, 1.165) is 33.9 Å². The van der Waals surface area contributed by atoms with Gasteiger partial charge in [-0.05, 0) is 75.2 Å². The van der Waals surface area contributed by atoms with Crippen LogP contribution in [0.15, 0.2) is 70.3 Å². The minimum atomic E-state index is 0.00624. The molecule has 44 heavy (non-hydrogen) atoms. The van der Waals surface area contributed by atoms with E-state index in [1.54, 1.807) is 43.5 Å². The third kappa shape index (κ3) is 8.08. The second-order valence-corrected chi connectivity index (χ2v) is 10.4. The number of hydrogen-bond donors (Lipinski definition) is 1. The molecule has 0 amide bonds. The quantitative estimate of drug-likeness (QED) is 0.278. The van der Waals surface area contributed by atoms with Crippen LogP contribution in [0.5, 0.6) is 23.0 Å². The summed E-state index contributed by atoms with van der Waals surface area (Å²) in [4.78, 5) is 22.9. The molecule has 0 bridgehead atoms. The Labute approximate surface area is 256 Å². The summed E-state index contributed by atoms with van der Waals surface area (Å²) in [5.74, 6) is 1.96. The number of rotatable bonds is 8. The fraction of sp³-hybridized carbons (Fsp3) is 0.257. The maximum absolute atomic E-state index is 11.5.